The topological polar surface area (TPSA) is 50.5 Å². The normalized spacial score (nSPS) is 20.2. The van der Waals surface area contributed by atoms with Gasteiger partial charge in [-0.3, -0.25) is 0 Å². The molecule has 1 aromatic heterocycles. The monoisotopic (exact) mass is 329 g/mol. The summed E-state index contributed by atoms with van der Waals surface area (Å²) in [7, 11) is 2.13. The molecule has 130 valence electrons. The summed E-state index contributed by atoms with van der Waals surface area (Å²) in [5.41, 5.74) is 2.09. The van der Waals surface area contributed by atoms with E-state index < -0.39 is 0 Å². The fourth-order valence-electron chi connectivity index (χ4n) is 3.00. The van der Waals surface area contributed by atoms with E-state index in [4.69, 9.17) is 14.1 Å². The van der Waals surface area contributed by atoms with Crippen LogP contribution >= 0.6 is 0 Å². The van der Waals surface area contributed by atoms with E-state index in [1.54, 1.807) is 0 Å². The van der Waals surface area contributed by atoms with Crippen molar-refractivity contribution in [3.63, 3.8) is 0 Å². The summed E-state index contributed by atoms with van der Waals surface area (Å²) in [4.78, 5) is 7.00. The second-order valence-corrected chi connectivity index (χ2v) is 6.43. The van der Waals surface area contributed by atoms with E-state index in [1.165, 1.54) is 0 Å². The van der Waals surface area contributed by atoms with Crippen molar-refractivity contribution in [1.82, 2.24) is 15.2 Å². The lowest BCUT2D eigenvalue weighted by Crippen LogP contribution is -2.45. The molecule has 5 heteroatoms. The zero-order valence-corrected chi connectivity index (χ0v) is 14.8. The van der Waals surface area contributed by atoms with Gasteiger partial charge in [-0.25, -0.2) is 4.98 Å². The zero-order chi connectivity index (χ0) is 16.9. The number of hydrogen-bond acceptors (Lipinski definition) is 5. The lowest BCUT2D eigenvalue weighted by atomic mass is 10.1. The van der Waals surface area contributed by atoms with Gasteiger partial charge in [0.2, 0.25) is 5.89 Å². The Hall–Kier alpha value is -1.69. The standard InChI is InChI=1S/C19H27N3O2/c1-4-17-18(15-8-6-5-7-9-15)24-19(21-17)14(2)20-12-16-13-22(3)10-11-23-16/h5-9,14,16,20H,4,10-13H2,1-3H3/t14-,16-/m1/s1. The first-order valence-corrected chi connectivity index (χ1v) is 8.76. The number of hydrogen-bond donors (Lipinski definition) is 1. The lowest BCUT2D eigenvalue weighted by molar-refractivity contribution is -0.0193. The van der Waals surface area contributed by atoms with E-state index in [0.29, 0.717) is 0 Å². The summed E-state index contributed by atoms with van der Waals surface area (Å²) >= 11 is 0. The van der Waals surface area contributed by atoms with Crippen LogP contribution in [-0.2, 0) is 11.2 Å². The highest BCUT2D eigenvalue weighted by Gasteiger charge is 2.21. The SMILES string of the molecule is CCc1nc([C@@H](C)NC[C@@H]2CN(C)CCO2)oc1-c1ccccc1. The van der Waals surface area contributed by atoms with Gasteiger partial charge in [-0.15, -0.1) is 0 Å². The fraction of sp³-hybridized carbons (Fsp3) is 0.526. The summed E-state index contributed by atoms with van der Waals surface area (Å²) in [6, 6.07) is 10.2. The molecule has 5 nitrogen and oxygen atoms in total. The summed E-state index contributed by atoms with van der Waals surface area (Å²) in [5.74, 6) is 1.63. The number of benzene rings is 1. The van der Waals surface area contributed by atoms with Gasteiger partial charge in [-0.2, -0.15) is 0 Å². The van der Waals surface area contributed by atoms with Gasteiger partial charge in [0.15, 0.2) is 5.76 Å². The van der Waals surface area contributed by atoms with Gasteiger partial charge >= 0.3 is 0 Å². The van der Waals surface area contributed by atoms with Crippen molar-refractivity contribution in [2.75, 3.05) is 33.3 Å². The molecule has 1 N–H and O–H groups in total. The first-order chi connectivity index (χ1) is 11.7. The molecule has 0 radical (unpaired) electrons. The molecule has 1 saturated heterocycles. The maximum absolute atomic E-state index is 6.09. The Morgan fingerprint density at radius 1 is 1.33 bits per heavy atom. The number of nitrogens with one attached hydrogen (secondary N) is 1. The summed E-state index contributed by atoms with van der Waals surface area (Å²) in [5, 5.41) is 3.50. The molecular weight excluding hydrogens is 302 g/mol. The molecule has 3 rings (SSSR count). The van der Waals surface area contributed by atoms with Crippen molar-refractivity contribution >= 4 is 0 Å². The Labute approximate surface area is 144 Å². The third kappa shape index (κ3) is 4.04. The van der Waals surface area contributed by atoms with E-state index in [2.05, 4.69) is 43.2 Å². The first-order valence-electron chi connectivity index (χ1n) is 8.76. The Bertz CT molecular complexity index is 641. The van der Waals surface area contributed by atoms with Crippen LogP contribution in [0.5, 0.6) is 0 Å². The molecule has 0 amide bonds. The number of ether oxygens (including phenoxy) is 1. The minimum atomic E-state index is 0.0589. The molecule has 0 unspecified atom stereocenters. The predicted molar refractivity (Wildman–Crippen MR) is 95.0 cm³/mol. The van der Waals surface area contributed by atoms with E-state index in [-0.39, 0.29) is 12.1 Å². The first kappa shape index (κ1) is 17.1. The van der Waals surface area contributed by atoms with Crippen LogP contribution in [0.3, 0.4) is 0 Å². The van der Waals surface area contributed by atoms with Gasteiger partial charge < -0.3 is 19.4 Å². The van der Waals surface area contributed by atoms with Crippen LogP contribution in [0, 0.1) is 0 Å². The van der Waals surface area contributed by atoms with Gasteiger partial charge in [-0.1, -0.05) is 37.3 Å². The minimum Gasteiger partial charge on any atom is -0.439 e. The van der Waals surface area contributed by atoms with Crippen molar-refractivity contribution < 1.29 is 9.15 Å². The molecule has 2 aromatic rings. The van der Waals surface area contributed by atoms with Gasteiger partial charge in [0.1, 0.15) is 0 Å². The smallest absolute Gasteiger partial charge is 0.212 e. The van der Waals surface area contributed by atoms with Crippen molar-refractivity contribution in [2.45, 2.75) is 32.4 Å². The highest BCUT2D eigenvalue weighted by molar-refractivity contribution is 5.59. The highest BCUT2D eigenvalue weighted by Crippen LogP contribution is 2.27. The molecule has 0 aliphatic carbocycles. The molecular formula is C19H27N3O2. The summed E-state index contributed by atoms with van der Waals surface area (Å²) < 4.78 is 11.9. The van der Waals surface area contributed by atoms with Crippen LogP contribution in [0.4, 0.5) is 0 Å². The maximum atomic E-state index is 6.09. The molecule has 1 aliphatic rings. The summed E-state index contributed by atoms with van der Waals surface area (Å²) in [6.45, 7) is 7.77. The van der Waals surface area contributed by atoms with E-state index in [9.17, 15) is 0 Å². The van der Waals surface area contributed by atoms with E-state index in [0.717, 1.165) is 55.6 Å². The second kappa shape index (κ2) is 7.92. The number of aromatic nitrogens is 1. The molecule has 0 bridgehead atoms. The van der Waals surface area contributed by atoms with Gasteiger partial charge in [0, 0.05) is 25.2 Å². The molecule has 1 fully saturated rings. The molecule has 0 spiro atoms. The number of aryl methyl sites for hydroxylation is 1. The van der Waals surface area contributed by atoms with Gasteiger partial charge in [0.25, 0.3) is 0 Å². The van der Waals surface area contributed by atoms with Crippen molar-refractivity contribution in [2.24, 2.45) is 0 Å². The van der Waals surface area contributed by atoms with Crippen LogP contribution in [0.25, 0.3) is 11.3 Å². The minimum absolute atomic E-state index is 0.0589. The second-order valence-electron chi connectivity index (χ2n) is 6.43. The number of oxazole rings is 1. The van der Waals surface area contributed by atoms with Crippen LogP contribution in [-0.4, -0.2) is 49.3 Å². The third-order valence-corrected chi connectivity index (χ3v) is 4.45. The van der Waals surface area contributed by atoms with Crippen LogP contribution in [0.1, 0.15) is 31.5 Å². The van der Waals surface area contributed by atoms with Crippen molar-refractivity contribution in [3.8, 4) is 11.3 Å². The van der Waals surface area contributed by atoms with E-state index in [1.807, 2.05) is 18.2 Å². The van der Waals surface area contributed by atoms with Gasteiger partial charge in [-0.05, 0) is 20.4 Å². The quantitative estimate of drug-likeness (QED) is 0.883. The third-order valence-electron chi connectivity index (χ3n) is 4.45. The predicted octanol–water partition coefficient (Wildman–Crippen LogP) is 2.89. The van der Waals surface area contributed by atoms with Crippen LogP contribution in [0.2, 0.25) is 0 Å². The Kier molecular flexibility index (Phi) is 5.66. The Morgan fingerprint density at radius 2 is 2.12 bits per heavy atom. The lowest BCUT2D eigenvalue weighted by Gasteiger charge is -2.30. The number of rotatable bonds is 6. The molecule has 24 heavy (non-hydrogen) atoms. The van der Waals surface area contributed by atoms with Crippen LogP contribution in [0.15, 0.2) is 34.7 Å². The van der Waals surface area contributed by atoms with Crippen LogP contribution < -0.4 is 5.32 Å². The Morgan fingerprint density at radius 3 is 2.83 bits per heavy atom. The number of morpholine rings is 1. The molecule has 0 saturated carbocycles. The zero-order valence-electron chi connectivity index (χ0n) is 14.8. The van der Waals surface area contributed by atoms with E-state index >= 15 is 0 Å². The van der Waals surface area contributed by atoms with Crippen molar-refractivity contribution in [3.05, 3.63) is 41.9 Å². The molecule has 2 atom stereocenters. The van der Waals surface area contributed by atoms with Crippen molar-refractivity contribution in [1.29, 1.82) is 0 Å². The highest BCUT2D eigenvalue weighted by atomic mass is 16.5. The fourth-order valence-corrected chi connectivity index (χ4v) is 3.00. The Balaban J connectivity index is 1.67. The number of likely N-dealkylation sites (N-methyl/N-ethyl adjacent to an activating group) is 1. The average molecular weight is 329 g/mol. The molecule has 1 aromatic carbocycles. The molecule has 1 aliphatic heterocycles. The van der Waals surface area contributed by atoms with Gasteiger partial charge in [0.05, 0.1) is 24.4 Å². The summed E-state index contributed by atoms with van der Waals surface area (Å²) in [6.07, 6.45) is 1.08. The maximum Gasteiger partial charge on any atom is 0.212 e. The largest absolute Gasteiger partial charge is 0.439 e. The average Bonchev–Trinajstić information content (AvgIpc) is 3.05. The number of nitrogens with zero attached hydrogens (tertiary/aromatic N) is 2. The molecule has 2 heterocycles.